The van der Waals surface area contributed by atoms with Gasteiger partial charge in [-0.3, -0.25) is 4.79 Å². The SMILES string of the molecule is Cc1nc(C(=O)NOS(=O)c2c(C)csc2C)no1. The minimum atomic E-state index is -1.77. The summed E-state index contributed by atoms with van der Waals surface area (Å²) in [4.78, 5) is 16.7. The molecule has 2 aromatic rings. The van der Waals surface area contributed by atoms with Gasteiger partial charge in [-0.05, 0) is 24.8 Å². The second kappa shape index (κ2) is 5.59. The average molecular weight is 301 g/mol. The van der Waals surface area contributed by atoms with Crippen LogP contribution >= 0.6 is 11.3 Å². The first-order valence-corrected chi connectivity index (χ1v) is 7.19. The lowest BCUT2D eigenvalue weighted by Gasteiger charge is -2.03. The highest BCUT2D eigenvalue weighted by Crippen LogP contribution is 2.24. The van der Waals surface area contributed by atoms with E-state index >= 15 is 0 Å². The third-order valence-electron chi connectivity index (χ3n) is 2.20. The van der Waals surface area contributed by atoms with Crippen LogP contribution in [0.4, 0.5) is 0 Å². The van der Waals surface area contributed by atoms with Crippen LogP contribution in [0.2, 0.25) is 0 Å². The lowest BCUT2D eigenvalue weighted by molar-refractivity contribution is 0.0770. The van der Waals surface area contributed by atoms with Gasteiger partial charge in [-0.2, -0.15) is 9.27 Å². The van der Waals surface area contributed by atoms with Crippen molar-refractivity contribution in [3.8, 4) is 0 Å². The molecule has 0 radical (unpaired) electrons. The lowest BCUT2D eigenvalue weighted by Crippen LogP contribution is -2.26. The average Bonchev–Trinajstić information content (AvgIpc) is 2.93. The van der Waals surface area contributed by atoms with Gasteiger partial charge in [0.25, 0.3) is 5.82 Å². The second-order valence-corrected chi connectivity index (χ2v) is 5.82. The van der Waals surface area contributed by atoms with Crippen LogP contribution in [0, 0.1) is 20.8 Å². The molecule has 0 bridgehead atoms. The monoisotopic (exact) mass is 301 g/mol. The Balaban J connectivity index is 2.00. The molecule has 2 aromatic heterocycles. The van der Waals surface area contributed by atoms with Crippen molar-refractivity contribution in [1.29, 1.82) is 0 Å². The molecule has 0 saturated carbocycles. The van der Waals surface area contributed by atoms with Gasteiger partial charge in [-0.25, -0.2) is 9.69 Å². The van der Waals surface area contributed by atoms with Crippen LogP contribution in [0.1, 0.15) is 27.0 Å². The third-order valence-corrected chi connectivity index (χ3v) is 4.55. The Morgan fingerprint density at radius 2 is 2.21 bits per heavy atom. The fourth-order valence-electron chi connectivity index (χ4n) is 1.36. The molecule has 0 fully saturated rings. The predicted octanol–water partition coefficient (Wildman–Crippen LogP) is 1.44. The van der Waals surface area contributed by atoms with Gasteiger partial charge in [0.1, 0.15) is 0 Å². The lowest BCUT2D eigenvalue weighted by atomic mass is 10.3. The van der Waals surface area contributed by atoms with Crippen LogP contribution in [0.25, 0.3) is 0 Å². The molecule has 1 amide bonds. The molecule has 1 atom stereocenters. The number of aryl methyl sites for hydroxylation is 3. The highest BCUT2D eigenvalue weighted by Gasteiger charge is 2.18. The highest BCUT2D eigenvalue weighted by molar-refractivity contribution is 7.80. The summed E-state index contributed by atoms with van der Waals surface area (Å²) in [5, 5.41) is 5.29. The van der Waals surface area contributed by atoms with E-state index < -0.39 is 17.0 Å². The van der Waals surface area contributed by atoms with Gasteiger partial charge < -0.3 is 4.52 Å². The molecule has 2 rings (SSSR count). The third kappa shape index (κ3) is 3.06. The molecule has 0 aromatic carbocycles. The fraction of sp³-hybridized carbons (Fsp3) is 0.300. The molecular weight excluding hydrogens is 290 g/mol. The summed E-state index contributed by atoms with van der Waals surface area (Å²) in [5.74, 6) is -0.625. The van der Waals surface area contributed by atoms with E-state index in [1.807, 2.05) is 24.7 Å². The van der Waals surface area contributed by atoms with Crippen molar-refractivity contribution in [3.05, 3.63) is 27.5 Å². The van der Waals surface area contributed by atoms with Crippen molar-refractivity contribution >= 4 is 28.3 Å². The molecule has 102 valence electrons. The zero-order valence-corrected chi connectivity index (χ0v) is 12.1. The molecule has 0 saturated heterocycles. The van der Waals surface area contributed by atoms with E-state index in [0.29, 0.717) is 4.90 Å². The van der Waals surface area contributed by atoms with E-state index in [2.05, 4.69) is 14.7 Å². The summed E-state index contributed by atoms with van der Waals surface area (Å²) in [6.45, 7) is 5.21. The number of thiophene rings is 1. The molecule has 19 heavy (non-hydrogen) atoms. The molecule has 7 nitrogen and oxygen atoms in total. The van der Waals surface area contributed by atoms with Crippen LogP contribution < -0.4 is 5.48 Å². The fourth-order valence-corrected chi connectivity index (χ4v) is 3.32. The quantitative estimate of drug-likeness (QED) is 0.859. The van der Waals surface area contributed by atoms with Gasteiger partial charge in [-0.15, -0.1) is 11.3 Å². The molecule has 0 aliphatic heterocycles. The maximum Gasteiger partial charge on any atom is 0.317 e. The minimum Gasteiger partial charge on any atom is -0.339 e. The topological polar surface area (TPSA) is 94.3 Å². The van der Waals surface area contributed by atoms with Gasteiger partial charge in [0, 0.05) is 11.8 Å². The summed E-state index contributed by atoms with van der Waals surface area (Å²) < 4.78 is 21.4. The molecule has 2 heterocycles. The highest BCUT2D eigenvalue weighted by atomic mass is 32.2. The summed E-state index contributed by atoms with van der Waals surface area (Å²) in [6.07, 6.45) is 0. The minimum absolute atomic E-state index is 0.173. The van der Waals surface area contributed by atoms with E-state index in [1.54, 1.807) is 6.92 Å². The first-order chi connectivity index (χ1) is 8.99. The van der Waals surface area contributed by atoms with Crippen molar-refractivity contribution in [2.75, 3.05) is 0 Å². The number of hydrogen-bond acceptors (Lipinski definition) is 7. The number of aromatic nitrogens is 2. The Morgan fingerprint density at radius 3 is 2.74 bits per heavy atom. The van der Waals surface area contributed by atoms with E-state index in [4.69, 9.17) is 4.28 Å². The van der Waals surface area contributed by atoms with Crippen molar-refractivity contribution in [3.63, 3.8) is 0 Å². The normalized spacial score (nSPS) is 12.4. The number of rotatable bonds is 4. The first kappa shape index (κ1) is 13.8. The second-order valence-electron chi connectivity index (χ2n) is 3.69. The number of hydrogen-bond donors (Lipinski definition) is 1. The van der Waals surface area contributed by atoms with E-state index in [9.17, 15) is 9.00 Å². The first-order valence-electron chi connectivity index (χ1n) is 5.23. The Kier molecular flexibility index (Phi) is 4.08. The van der Waals surface area contributed by atoms with Crippen molar-refractivity contribution in [2.45, 2.75) is 25.7 Å². The molecule has 0 aliphatic rings. The van der Waals surface area contributed by atoms with Crippen LogP contribution in [0.3, 0.4) is 0 Å². The standard InChI is InChI=1S/C10H11N3O4S2/c1-5-4-18-6(2)8(5)19(15)17-13-10(14)9-11-7(3)16-12-9/h4H,1-3H3,(H,13,14). The Morgan fingerprint density at radius 1 is 1.47 bits per heavy atom. The number of nitrogens with one attached hydrogen (secondary N) is 1. The van der Waals surface area contributed by atoms with Gasteiger partial charge in [0.15, 0.2) is 0 Å². The van der Waals surface area contributed by atoms with Gasteiger partial charge >= 0.3 is 5.91 Å². The van der Waals surface area contributed by atoms with Crippen molar-refractivity contribution in [1.82, 2.24) is 15.6 Å². The van der Waals surface area contributed by atoms with Gasteiger partial charge in [-0.1, -0.05) is 5.16 Å². The summed E-state index contributed by atoms with van der Waals surface area (Å²) in [5.41, 5.74) is 2.89. The Hall–Kier alpha value is -1.58. The molecule has 1 N–H and O–H groups in total. The Labute approximate surface area is 115 Å². The van der Waals surface area contributed by atoms with Crippen LogP contribution in [-0.2, 0) is 15.4 Å². The number of carbonyl (C=O) groups is 1. The van der Waals surface area contributed by atoms with E-state index in [1.165, 1.54) is 11.3 Å². The van der Waals surface area contributed by atoms with Crippen LogP contribution in [0.15, 0.2) is 14.8 Å². The van der Waals surface area contributed by atoms with Gasteiger partial charge in [0.05, 0.1) is 4.90 Å². The number of hydroxylamine groups is 1. The summed E-state index contributed by atoms with van der Waals surface area (Å²) >= 11 is -0.303. The maximum absolute atomic E-state index is 11.9. The van der Waals surface area contributed by atoms with Crippen molar-refractivity contribution < 1.29 is 17.8 Å². The van der Waals surface area contributed by atoms with E-state index in [0.717, 1.165) is 10.4 Å². The zero-order valence-electron chi connectivity index (χ0n) is 10.4. The van der Waals surface area contributed by atoms with Crippen LogP contribution in [-0.4, -0.2) is 20.3 Å². The zero-order chi connectivity index (χ0) is 14.0. The predicted molar refractivity (Wildman–Crippen MR) is 67.8 cm³/mol. The van der Waals surface area contributed by atoms with E-state index in [-0.39, 0.29) is 11.7 Å². The summed E-state index contributed by atoms with van der Waals surface area (Å²) in [6, 6.07) is 0. The van der Waals surface area contributed by atoms with Gasteiger partial charge in [0.2, 0.25) is 17.0 Å². The molecule has 9 heteroatoms. The maximum atomic E-state index is 11.9. The molecule has 0 spiro atoms. The van der Waals surface area contributed by atoms with Crippen molar-refractivity contribution in [2.24, 2.45) is 0 Å². The number of amides is 1. The molecular formula is C10H11N3O4S2. The smallest absolute Gasteiger partial charge is 0.317 e. The molecule has 0 aliphatic carbocycles. The van der Waals surface area contributed by atoms with Crippen LogP contribution in [0.5, 0.6) is 0 Å². The molecule has 1 unspecified atom stereocenters. The number of carbonyl (C=O) groups excluding carboxylic acids is 1. The largest absolute Gasteiger partial charge is 0.339 e. The number of nitrogens with zero attached hydrogens (tertiary/aromatic N) is 2. The Bertz CT molecular complexity index is 615. The summed E-state index contributed by atoms with van der Waals surface area (Å²) in [7, 11) is 0.